The van der Waals surface area contributed by atoms with E-state index >= 15 is 0 Å². The molecule has 0 fully saturated rings. The molecule has 0 saturated heterocycles. The SMILES string of the molecule is Cc1cccnc1CNS(=O)(=O)CCCCl. The summed E-state index contributed by atoms with van der Waals surface area (Å²) in [5, 5.41) is 0. The number of rotatable bonds is 6. The topological polar surface area (TPSA) is 59.1 Å². The fourth-order valence-electron chi connectivity index (χ4n) is 1.20. The molecule has 0 amide bonds. The number of sulfonamides is 1. The van der Waals surface area contributed by atoms with Gasteiger partial charge in [0.2, 0.25) is 10.0 Å². The minimum absolute atomic E-state index is 0.0579. The number of hydrogen-bond donors (Lipinski definition) is 1. The fraction of sp³-hybridized carbons (Fsp3) is 0.500. The lowest BCUT2D eigenvalue weighted by molar-refractivity contribution is 0.579. The minimum Gasteiger partial charge on any atom is -0.260 e. The van der Waals surface area contributed by atoms with Crippen molar-refractivity contribution in [2.45, 2.75) is 19.9 Å². The molecule has 1 heterocycles. The molecular weight excluding hydrogens is 248 g/mol. The highest BCUT2D eigenvalue weighted by atomic mass is 35.5. The molecule has 0 aliphatic carbocycles. The molecule has 0 saturated carbocycles. The molecule has 0 aromatic carbocycles. The normalized spacial score (nSPS) is 11.6. The van der Waals surface area contributed by atoms with E-state index in [-0.39, 0.29) is 12.3 Å². The van der Waals surface area contributed by atoms with Crippen molar-refractivity contribution in [2.24, 2.45) is 0 Å². The summed E-state index contributed by atoms with van der Waals surface area (Å²) in [5.74, 6) is 0.409. The van der Waals surface area contributed by atoms with Crippen LogP contribution in [0.5, 0.6) is 0 Å². The molecule has 6 heteroatoms. The first-order valence-corrected chi connectivity index (χ1v) is 7.17. The van der Waals surface area contributed by atoms with Crippen molar-refractivity contribution in [1.29, 1.82) is 0 Å². The maximum absolute atomic E-state index is 11.5. The molecule has 0 unspecified atom stereocenters. The van der Waals surface area contributed by atoms with Gasteiger partial charge in [-0.15, -0.1) is 11.6 Å². The predicted molar refractivity (Wildman–Crippen MR) is 64.9 cm³/mol. The molecular formula is C10H15ClN2O2S. The van der Waals surface area contributed by atoms with Gasteiger partial charge in [0.05, 0.1) is 18.0 Å². The summed E-state index contributed by atoms with van der Waals surface area (Å²) in [6.07, 6.45) is 2.10. The fourth-order valence-corrected chi connectivity index (χ4v) is 2.52. The lowest BCUT2D eigenvalue weighted by atomic mass is 10.2. The molecule has 0 aliphatic rings. The third-order valence-corrected chi connectivity index (χ3v) is 3.80. The Labute approximate surface area is 101 Å². The molecule has 16 heavy (non-hydrogen) atoms. The largest absolute Gasteiger partial charge is 0.260 e. The van der Waals surface area contributed by atoms with Crippen molar-refractivity contribution >= 4 is 21.6 Å². The molecule has 1 N–H and O–H groups in total. The van der Waals surface area contributed by atoms with E-state index in [4.69, 9.17) is 11.6 Å². The Kier molecular flexibility index (Phi) is 5.18. The second kappa shape index (κ2) is 6.18. The number of aryl methyl sites for hydroxylation is 1. The predicted octanol–water partition coefficient (Wildman–Crippen LogP) is 1.44. The van der Waals surface area contributed by atoms with Gasteiger partial charge in [-0.05, 0) is 25.0 Å². The summed E-state index contributed by atoms with van der Waals surface area (Å²) >= 11 is 5.45. The Morgan fingerprint density at radius 1 is 1.50 bits per heavy atom. The highest BCUT2D eigenvalue weighted by Crippen LogP contribution is 2.03. The average molecular weight is 263 g/mol. The van der Waals surface area contributed by atoms with Gasteiger partial charge in [0.25, 0.3) is 0 Å². The summed E-state index contributed by atoms with van der Waals surface area (Å²) in [5.41, 5.74) is 1.72. The van der Waals surface area contributed by atoms with Crippen molar-refractivity contribution in [2.75, 3.05) is 11.6 Å². The quantitative estimate of drug-likeness (QED) is 0.790. The number of alkyl halides is 1. The van der Waals surface area contributed by atoms with E-state index in [1.807, 2.05) is 19.1 Å². The van der Waals surface area contributed by atoms with E-state index in [0.717, 1.165) is 11.3 Å². The Balaban J connectivity index is 2.55. The van der Waals surface area contributed by atoms with Gasteiger partial charge < -0.3 is 0 Å². The summed E-state index contributed by atoms with van der Waals surface area (Å²) in [4.78, 5) is 4.11. The summed E-state index contributed by atoms with van der Waals surface area (Å²) in [6.45, 7) is 2.13. The number of hydrogen-bond acceptors (Lipinski definition) is 3. The lowest BCUT2D eigenvalue weighted by Gasteiger charge is -2.07. The number of aromatic nitrogens is 1. The van der Waals surface area contributed by atoms with Crippen LogP contribution in [0.4, 0.5) is 0 Å². The van der Waals surface area contributed by atoms with Crippen molar-refractivity contribution in [3.05, 3.63) is 29.6 Å². The van der Waals surface area contributed by atoms with Gasteiger partial charge in [-0.2, -0.15) is 0 Å². The van der Waals surface area contributed by atoms with Crippen molar-refractivity contribution in [1.82, 2.24) is 9.71 Å². The van der Waals surface area contributed by atoms with Crippen LogP contribution in [0, 0.1) is 6.92 Å². The number of pyridine rings is 1. The number of nitrogens with zero attached hydrogens (tertiary/aromatic N) is 1. The molecule has 1 aromatic heterocycles. The van der Waals surface area contributed by atoms with Crippen LogP contribution in [0.25, 0.3) is 0 Å². The highest BCUT2D eigenvalue weighted by Gasteiger charge is 2.10. The summed E-state index contributed by atoms with van der Waals surface area (Å²) < 4.78 is 25.5. The first kappa shape index (κ1) is 13.4. The Morgan fingerprint density at radius 2 is 2.25 bits per heavy atom. The molecule has 0 aliphatic heterocycles. The molecule has 0 spiro atoms. The van der Waals surface area contributed by atoms with Gasteiger partial charge >= 0.3 is 0 Å². The Bertz CT molecular complexity index is 434. The molecule has 4 nitrogen and oxygen atoms in total. The second-order valence-electron chi connectivity index (χ2n) is 3.45. The van der Waals surface area contributed by atoms with Gasteiger partial charge in [-0.25, -0.2) is 13.1 Å². The van der Waals surface area contributed by atoms with Crippen LogP contribution >= 0.6 is 11.6 Å². The smallest absolute Gasteiger partial charge is 0.211 e. The van der Waals surface area contributed by atoms with Gasteiger partial charge in [0.1, 0.15) is 0 Å². The molecule has 1 aromatic rings. The van der Waals surface area contributed by atoms with Crippen molar-refractivity contribution in [3.63, 3.8) is 0 Å². The van der Waals surface area contributed by atoms with Crippen LogP contribution in [-0.2, 0) is 16.6 Å². The zero-order valence-corrected chi connectivity index (χ0v) is 10.7. The van der Waals surface area contributed by atoms with E-state index < -0.39 is 10.0 Å². The van der Waals surface area contributed by atoms with Gasteiger partial charge in [-0.3, -0.25) is 4.98 Å². The van der Waals surface area contributed by atoms with Gasteiger partial charge in [0.15, 0.2) is 0 Å². The Morgan fingerprint density at radius 3 is 2.88 bits per heavy atom. The van der Waals surface area contributed by atoms with E-state index in [1.54, 1.807) is 6.20 Å². The van der Waals surface area contributed by atoms with E-state index in [9.17, 15) is 8.42 Å². The maximum Gasteiger partial charge on any atom is 0.211 e. The summed E-state index contributed by atoms with van der Waals surface area (Å²) in [6, 6.07) is 3.72. The molecule has 1 rings (SSSR count). The van der Waals surface area contributed by atoms with Gasteiger partial charge in [-0.1, -0.05) is 6.07 Å². The average Bonchev–Trinajstić information content (AvgIpc) is 2.26. The third kappa shape index (κ3) is 4.47. The summed E-state index contributed by atoms with van der Waals surface area (Å²) in [7, 11) is -3.23. The zero-order chi connectivity index (χ0) is 12.0. The van der Waals surface area contributed by atoms with E-state index in [1.165, 1.54) is 0 Å². The van der Waals surface area contributed by atoms with Gasteiger partial charge in [0, 0.05) is 12.1 Å². The highest BCUT2D eigenvalue weighted by molar-refractivity contribution is 7.89. The van der Waals surface area contributed by atoms with E-state index in [0.29, 0.717) is 12.3 Å². The van der Waals surface area contributed by atoms with Crippen molar-refractivity contribution < 1.29 is 8.42 Å². The van der Waals surface area contributed by atoms with Crippen LogP contribution in [0.1, 0.15) is 17.7 Å². The zero-order valence-electron chi connectivity index (χ0n) is 9.11. The number of halogens is 1. The third-order valence-electron chi connectivity index (χ3n) is 2.12. The monoisotopic (exact) mass is 262 g/mol. The van der Waals surface area contributed by atoms with Crippen LogP contribution in [-0.4, -0.2) is 25.0 Å². The molecule has 90 valence electrons. The van der Waals surface area contributed by atoms with Crippen LogP contribution in [0.3, 0.4) is 0 Å². The van der Waals surface area contributed by atoms with Crippen LogP contribution in [0.15, 0.2) is 18.3 Å². The first-order chi connectivity index (χ1) is 7.55. The van der Waals surface area contributed by atoms with Crippen LogP contribution in [0.2, 0.25) is 0 Å². The number of nitrogens with one attached hydrogen (secondary N) is 1. The standard InChI is InChI=1S/C10H15ClN2O2S/c1-9-4-2-6-12-10(9)8-13-16(14,15)7-3-5-11/h2,4,6,13H,3,5,7-8H2,1H3. The molecule has 0 radical (unpaired) electrons. The Hall–Kier alpha value is -0.650. The van der Waals surface area contributed by atoms with Crippen molar-refractivity contribution in [3.8, 4) is 0 Å². The lowest BCUT2D eigenvalue weighted by Crippen LogP contribution is -2.26. The molecule has 0 atom stereocenters. The first-order valence-electron chi connectivity index (χ1n) is 4.99. The van der Waals surface area contributed by atoms with Crippen LogP contribution < -0.4 is 4.72 Å². The second-order valence-corrected chi connectivity index (χ2v) is 5.75. The molecule has 0 bridgehead atoms. The van der Waals surface area contributed by atoms with E-state index in [2.05, 4.69) is 9.71 Å². The minimum atomic E-state index is -3.23. The maximum atomic E-state index is 11.5.